The number of methoxy groups -OCH3 is 1. The Kier molecular flexibility index (Phi) is 6.53. The van der Waals surface area contributed by atoms with Crippen LogP contribution in [0.2, 0.25) is 0 Å². The van der Waals surface area contributed by atoms with Crippen LogP contribution >= 0.6 is 0 Å². The molecule has 1 amide bonds. The van der Waals surface area contributed by atoms with Gasteiger partial charge in [0, 0.05) is 49.5 Å². The number of sulfonamides is 1. The first-order valence-electron chi connectivity index (χ1n) is 11.0. The molecule has 1 aliphatic heterocycles. The molecule has 33 heavy (non-hydrogen) atoms. The van der Waals surface area contributed by atoms with Crippen LogP contribution in [0.1, 0.15) is 36.2 Å². The number of rotatable bonds is 7. The molecule has 0 saturated heterocycles. The summed E-state index contributed by atoms with van der Waals surface area (Å²) < 4.78 is 32.7. The third-order valence-electron chi connectivity index (χ3n) is 6.04. The molecular formula is C24H28N4O4S. The Morgan fingerprint density at radius 3 is 2.70 bits per heavy atom. The molecule has 1 aliphatic rings. The van der Waals surface area contributed by atoms with E-state index < -0.39 is 10.0 Å². The molecule has 1 aromatic carbocycles. The summed E-state index contributed by atoms with van der Waals surface area (Å²) in [7, 11) is -2.21. The fraction of sp³-hybridized carbons (Fsp3) is 0.333. The second-order valence-corrected chi connectivity index (χ2v) is 9.72. The van der Waals surface area contributed by atoms with Gasteiger partial charge in [-0.05, 0) is 42.3 Å². The topological polar surface area (TPSA) is 95.6 Å². The third kappa shape index (κ3) is 4.26. The number of nitrogens with one attached hydrogen (secondary N) is 1. The molecule has 2 aromatic heterocycles. The van der Waals surface area contributed by atoms with Gasteiger partial charge in [-0.3, -0.25) is 4.79 Å². The highest BCUT2D eigenvalue weighted by molar-refractivity contribution is 7.89. The Balaban J connectivity index is 1.61. The molecule has 8 nitrogen and oxygen atoms in total. The minimum absolute atomic E-state index is 0.0925. The first-order chi connectivity index (χ1) is 15.9. The highest BCUT2D eigenvalue weighted by Crippen LogP contribution is 2.30. The molecule has 174 valence electrons. The van der Waals surface area contributed by atoms with E-state index in [1.807, 2.05) is 24.4 Å². The van der Waals surface area contributed by atoms with Gasteiger partial charge in [0.25, 0.3) is 5.91 Å². The zero-order chi connectivity index (χ0) is 23.6. The highest BCUT2D eigenvalue weighted by Gasteiger charge is 2.27. The lowest BCUT2D eigenvalue weighted by Gasteiger charge is -2.27. The molecule has 0 aliphatic carbocycles. The van der Waals surface area contributed by atoms with Gasteiger partial charge < -0.3 is 14.6 Å². The van der Waals surface area contributed by atoms with Gasteiger partial charge in [0.05, 0.1) is 17.6 Å². The van der Waals surface area contributed by atoms with E-state index in [1.54, 1.807) is 31.0 Å². The molecule has 4 rings (SSSR count). The van der Waals surface area contributed by atoms with Crippen molar-refractivity contribution in [3.05, 3.63) is 59.9 Å². The lowest BCUT2D eigenvalue weighted by molar-refractivity contribution is 0.0769. The Hall–Kier alpha value is -3.17. The largest absolute Gasteiger partial charge is 0.496 e. The number of pyridine rings is 1. The van der Waals surface area contributed by atoms with E-state index >= 15 is 0 Å². The van der Waals surface area contributed by atoms with E-state index in [1.165, 1.54) is 23.5 Å². The number of carbonyl (C=O) groups excluding carboxylic acids is 1. The fourth-order valence-electron chi connectivity index (χ4n) is 4.22. The average molecular weight is 469 g/mol. The zero-order valence-corrected chi connectivity index (χ0v) is 19.9. The first-order valence-corrected chi connectivity index (χ1v) is 12.4. The van der Waals surface area contributed by atoms with Crippen LogP contribution in [0.15, 0.2) is 53.7 Å². The number of H-pyrrole nitrogens is 1. The normalized spacial score (nSPS) is 14.5. The molecule has 1 N–H and O–H groups in total. The van der Waals surface area contributed by atoms with Gasteiger partial charge in [-0.15, -0.1) is 0 Å². The number of hydrogen-bond acceptors (Lipinski definition) is 5. The monoisotopic (exact) mass is 468 g/mol. The number of benzene rings is 1. The summed E-state index contributed by atoms with van der Waals surface area (Å²) in [4.78, 5) is 22.7. The Morgan fingerprint density at radius 2 is 2.03 bits per heavy atom. The molecule has 3 heterocycles. The van der Waals surface area contributed by atoms with Gasteiger partial charge in [-0.2, -0.15) is 4.31 Å². The summed E-state index contributed by atoms with van der Waals surface area (Å²) in [5, 5.41) is 1.06. The summed E-state index contributed by atoms with van der Waals surface area (Å²) in [6.07, 6.45) is 6.43. The highest BCUT2D eigenvalue weighted by atomic mass is 32.2. The first kappa shape index (κ1) is 23.0. The maximum atomic E-state index is 13.4. The van der Waals surface area contributed by atoms with Crippen LogP contribution in [0.4, 0.5) is 0 Å². The van der Waals surface area contributed by atoms with Crippen molar-refractivity contribution < 1.29 is 17.9 Å². The fourth-order valence-corrected chi connectivity index (χ4v) is 5.70. The molecule has 0 spiro atoms. The summed E-state index contributed by atoms with van der Waals surface area (Å²) in [5.41, 5.74) is 3.33. The Morgan fingerprint density at radius 1 is 1.24 bits per heavy atom. The summed E-state index contributed by atoms with van der Waals surface area (Å²) in [5.74, 6) is 0.107. The number of hydrogen-bond donors (Lipinski definition) is 1. The van der Waals surface area contributed by atoms with Crippen molar-refractivity contribution in [2.24, 2.45) is 0 Å². The van der Waals surface area contributed by atoms with Crippen LogP contribution in [0, 0.1) is 0 Å². The van der Waals surface area contributed by atoms with E-state index in [9.17, 15) is 13.2 Å². The van der Waals surface area contributed by atoms with E-state index in [0.29, 0.717) is 38.3 Å². The van der Waals surface area contributed by atoms with Gasteiger partial charge in [0.2, 0.25) is 10.0 Å². The van der Waals surface area contributed by atoms with Crippen LogP contribution in [-0.4, -0.2) is 66.8 Å². The van der Waals surface area contributed by atoms with Crippen LogP contribution in [0.3, 0.4) is 0 Å². The average Bonchev–Trinajstić information content (AvgIpc) is 3.28. The SMILES string of the molecule is CCN(CC)S(=O)(=O)c1ccc(OC)c(C(=O)N2CC=C(c3c[nH]c4ncccc34)CC2)c1. The Bertz CT molecular complexity index is 1310. The van der Waals surface area contributed by atoms with Gasteiger partial charge in [-0.25, -0.2) is 13.4 Å². The van der Waals surface area contributed by atoms with Gasteiger partial charge in [0.15, 0.2) is 0 Å². The zero-order valence-electron chi connectivity index (χ0n) is 19.0. The summed E-state index contributed by atoms with van der Waals surface area (Å²) >= 11 is 0. The van der Waals surface area contributed by atoms with Crippen LogP contribution in [-0.2, 0) is 10.0 Å². The predicted octanol–water partition coefficient (Wildman–Crippen LogP) is 3.53. The number of aromatic amines is 1. The van der Waals surface area contributed by atoms with E-state index in [4.69, 9.17) is 4.74 Å². The standard InChI is InChI=1S/C24H28N4O4S/c1-4-28(5-2)33(30,31)18-8-9-22(32-3)20(15-18)24(29)27-13-10-17(11-14-27)21-16-26-23-19(21)7-6-12-25-23/h6-10,12,15-16H,4-5,11,13-14H2,1-3H3,(H,25,26). The van der Waals surface area contributed by atoms with E-state index in [0.717, 1.165) is 22.2 Å². The number of nitrogens with zero attached hydrogens (tertiary/aromatic N) is 3. The summed E-state index contributed by atoms with van der Waals surface area (Å²) in [6.45, 7) is 5.25. The van der Waals surface area contributed by atoms with Gasteiger partial charge >= 0.3 is 0 Å². The van der Waals surface area contributed by atoms with Crippen LogP contribution in [0.25, 0.3) is 16.6 Å². The number of fused-ring (bicyclic) bond motifs is 1. The van der Waals surface area contributed by atoms with Crippen molar-refractivity contribution >= 4 is 32.5 Å². The van der Waals surface area contributed by atoms with Gasteiger partial charge in [0.1, 0.15) is 11.4 Å². The number of aromatic nitrogens is 2. The van der Waals surface area contributed by atoms with E-state index in [2.05, 4.69) is 9.97 Å². The molecule has 0 atom stereocenters. The third-order valence-corrected chi connectivity index (χ3v) is 8.08. The molecule has 0 unspecified atom stereocenters. The molecule has 0 radical (unpaired) electrons. The lowest BCUT2D eigenvalue weighted by Crippen LogP contribution is -2.35. The van der Waals surface area contributed by atoms with Crippen molar-refractivity contribution in [2.75, 3.05) is 33.3 Å². The van der Waals surface area contributed by atoms with Crippen molar-refractivity contribution in [3.63, 3.8) is 0 Å². The second-order valence-electron chi connectivity index (χ2n) is 7.78. The van der Waals surface area contributed by atoms with Gasteiger partial charge in [-0.1, -0.05) is 19.9 Å². The number of ether oxygens (including phenoxy) is 1. The maximum Gasteiger partial charge on any atom is 0.257 e. The minimum atomic E-state index is -3.69. The van der Waals surface area contributed by atoms with Crippen molar-refractivity contribution in [2.45, 2.75) is 25.2 Å². The molecule has 0 saturated carbocycles. The molecule has 0 fully saturated rings. The van der Waals surface area contributed by atoms with Crippen LogP contribution in [0.5, 0.6) is 5.75 Å². The number of carbonyl (C=O) groups is 1. The molecule has 9 heteroatoms. The quantitative estimate of drug-likeness (QED) is 0.572. The predicted molar refractivity (Wildman–Crippen MR) is 128 cm³/mol. The molecule has 3 aromatic rings. The van der Waals surface area contributed by atoms with Crippen LogP contribution < -0.4 is 4.74 Å². The van der Waals surface area contributed by atoms with Crippen molar-refractivity contribution in [1.82, 2.24) is 19.2 Å². The molecular weight excluding hydrogens is 440 g/mol. The smallest absolute Gasteiger partial charge is 0.257 e. The molecule has 0 bridgehead atoms. The number of amides is 1. The minimum Gasteiger partial charge on any atom is -0.496 e. The summed E-state index contributed by atoms with van der Waals surface area (Å²) in [6, 6.07) is 8.40. The lowest BCUT2D eigenvalue weighted by atomic mass is 9.99. The van der Waals surface area contributed by atoms with E-state index in [-0.39, 0.29) is 16.4 Å². The maximum absolute atomic E-state index is 13.4. The Labute approximate surface area is 193 Å². The van der Waals surface area contributed by atoms with Crippen molar-refractivity contribution in [1.29, 1.82) is 0 Å². The second kappa shape index (κ2) is 9.36. The van der Waals surface area contributed by atoms with Crippen molar-refractivity contribution in [3.8, 4) is 5.75 Å².